The molecule has 0 heterocycles. The van der Waals surface area contributed by atoms with E-state index in [0.29, 0.717) is 0 Å². The van der Waals surface area contributed by atoms with Crippen LogP contribution in [-0.2, 0) is 14.4 Å². The Labute approximate surface area is 105 Å². The Bertz CT molecular complexity index is 295. The number of carbonyl (C=O) groups is 3. The summed E-state index contributed by atoms with van der Waals surface area (Å²) in [7, 11) is 0. The minimum Gasteiger partial charge on any atom is -0.481 e. The van der Waals surface area contributed by atoms with Crippen LogP contribution in [0.5, 0.6) is 0 Å². The second-order valence-electron chi connectivity index (χ2n) is 3.77. The predicted molar refractivity (Wildman–Crippen MR) is 61.9 cm³/mol. The number of aliphatic carboxylic acids is 2. The molecule has 0 spiro atoms. The number of carboxylic acid groups (broad SMARTS) is 2. The summed E-state index contributed by atoms with van der Waals surface area (Å²) < 4.78 is 0. The molecule has 0 saturated carbocycles. The van der Waals surface area contributed by atoms with Crippen LogP contribution in [0, 0.1) is 5.92 Å². The Morgan fingerprint density at radius 2 is 1.71 bits per heavy atom. The van der Waals surface area contributed by atoms with Gasteiger partial charge in [0.05, 0.1) is 12.5 Å². The van der Waals surface area contributed by atoms with E-state index in [1.54, 1.807) is 13.8 Å². The molecule has 7 nitrogen and oxygen atoms in total. The lowest BCUT2D eigenvalue weighted by molar-refractivity contribution is -0.143. The molecule has 0 aliphatic heterocycles. The highest BCUT2D eigenvalue weighted by atomic mass is 35.5. The van der Waals surface area contributed by atoms with Gasteiger partial charge in [0.15, 0.2) is 0 Å². The standard InChI is InChI=1S/C9H16N2O5.ClH/c1-4(2)7(9(15)16)11-8(14)5(10)3-6(12)13;/h4-5,7H,3,10H2,1-2H3,(H,11,14)(H,12,13)(H,15,16);1H/t5-,7-;/m1./s1. The van der Waals surface area contributed by atoms with E-state index in [1.165, 1.54) is 0 Å². The van der Waals surface area contributed by atoms with Gasteiger partial charge in [0.25, 0.3) is 0 Å². The van der Waals surface area contributed by atoms with Crippen LogP contribution in [0.3, 0.4) is 0 Å². The second kappa shape index (κ2) is 7.86. The van der Waals surface area contributed by atoms with Crippen LogP contribution in [-0.4, -0.2) is 40.1 Å². The minimum atomic E-state index is -1.24. The smallest absolute Gasteiger partial charge is 0.326 e. The number of nitrogens with two attached hydrogens (primary N) is 1. The predicted octanol–water partition coefficient (Wildman–Crippen LogP) is -0.564. The van der Waals surface area contributed by atoms with Gasteiger partial charge in [-0.2, -0.15) is 0 Å². The van der Waals surface area contributed by atoms with Crippen molar-refractivity contribution < 1.29 is 24.6 Å². The normalized spacial score (nSPS) is 13.4. The molecule has 1 amide bonds. The van der Waals surface area contributed by atoms with Crippen LogP contribution in [0.2, 0.25) is 0 Å². The van der Waals surface area contributed by atoms with Gasteiger partial charge in [-0.15, -0.1) is 12.4 Å². The van der Waals surface area contributed by atoms with Crippen LogP contribution in [0.25, 0.3) is 0 Å². The lowest BCUT2D eigenvalue weighted by Crippen LogP contribution is -2.51. The van der Waals surface area contributed by atoms with E-state index in [-0.39, 0.29) is 18.3 Å². The molecule has 0 aliphatic rings. The first kappa shape index (κ1) is 18.0. The number of hydrogen-bond acceptors (Lipinski definition) is 4. The molecule has 0 unspecified atom stereocenters. The van der Waals surface area contributed by atoms with Crippen molar-refractivity contribution in [3.05, 3.63) is 0 Å². The van der Waals surface area contributed by atoms with Gasteiger partial charge in [-0.05, 0) is 5.92 Å². The third-order valence-electron chi connectivity index (χ3n) is 1.96. The number of rotatable bonds is 6. The molecule has 2 atom stereocenters. The highest BCUT2D eigenvalue weighted by Gasteiger charge is 2.26. The lowest BCUT2D eigenvalue weighted by atomic mass is 10.0. The van der Waals surface area contributed by atoms with Gasteiger partial charge in [0, 0.05) is 0 Å². The van der Waals surface area contributed by atoms with Crippen molar-refractivity contribution in [3.63, 3.8) is 0 Å². The zero-order valence-electron chi connectivity index (χ0n) is 9.54. The molecule has 0 saturated heterocycles. The Hall–Kier alpha value is -1.34. The quantitative estimate of drug-likeness (QED) is 0.511. The summed E-state index contributed by atoms with van der Waals surface area (Å²) in [6.07, 6.45) is -0.531. The van der Waals surface area contributed by atoms with E-state index in [1.807, 2.05) is 0 Å². The maximum Gasteiger partial charge on any atom is 0.326 e. The van der Waals surface area contributed by atoms with Crippen molar-refractivity contribution in [2.24, 2.45) is 11.7 Å². The average molecular weight is 269 g/mol. The summed E-state index contributed by atoms with van der Waals surface area (Å²) in [6, 6.07) is -2.30. The molecular formula is C9H17ClN2O5. The van der Waals surface area contributed by atoms with Crippen LogP contribution in [0.15, 0.2) is 0 Å². The Morgan fingerprint density at radius 3 is 2.00 bits per heavy atom. The molecule has 0 rings (SSSR count). The summed E-state index contributed by atoms with van der Waals surface area (Å²) in [5.74, 6) is -3.47. The molecule has 8 heteroatoms. The van der Waals surface area contributed by atoms with Crippen molar-refractivity contribution in [1.82, 2.24) is 5.32 Å². The molecule has 0 aromatic heterocycles. The number of nitrogens with one attached hydrogen (secondary N) is 1. The van der Waals surface area contributed by atoms with Crippen molar-refractivity contribution in [2.45, 2.75) is 32.4 Å². The monoisotopic (exact) mass is 268 g/mol. The molecule has 0 radical (unpaired) electrons. The molecule has 0 aromatic carbocycles. The topological polar surface area (TPSA) is 130 Å². The van der Waals surface area contributed by atoms with E-state index in [0.717, 1.165) is 0 Å². The average Bonchev–Trinajstić information content (AvgIpc) is 2.11. The van der Waals surface area contributed by atoms with E-state index >= 15 is 0 Å². The Morgan fingerprint density at radius 1 is 1.24 bits per heavy atom. The van der Waals surface area contributed by atoms with E-state index < -0.39 is 36.4 Å². The van der Waals surface area contributed by atoms with E-state index in [2.05, 4.69) is 5.32 Å². The minimum absolute atomic E-state index is 0. The summed E-state index contributed by atoms with van der Waals surface area (Å²) in [5, 5.41) is 19.4. The zero-order valence-corrected chi connectivity index (χ0v) is 10.4. The van der Waals surface area contributed by atoms with Gasteiger partial charge in [-0.3, -0.25) is 9.59 Å². The van der Waals surface area contributed by atoms with Gasteiger partial charge in [-0.25, -0.2) is 4.79 Å². The summed E-state index contributed by atoms with van der Waals surface area (Å²) in [6.45, 7) is 3.25. The highest BCUT2D eigenvalue weighted by Crippen LogP contribution is 2.02. The second-order valence-corrected chi connectivity index (χ2v) is 3.77. The number of carboxylic acids is 2. The summed E-state index contributed by atoms with van der Waals surface area (Å²) >= 11 is 0. The van der Waals surface area contributed by atoms with Crippen LogP contribution in [0.4, 0.5) is 0 Å². The molecule has 5 N–H and O–H groups in total. The fourth-order valence-electron chi connectivity index (χ4n) is 1.05. The highest BCUT2D eigenvalue weighted by molar-refractivity contribution is 5.89. The fourth-order valence-corrected chi connectivity index (χ4v) is 1.05. The summed E-state index contributed by atoms with van der Waals surface area (Å²) in [4.78, 5) is 32.4. The summed E-state index contributed by atoms with van der Waals surface area (Å²) in [5.41, 5.74) is 5.28. The maximum absolute atomic E-state index is 11.3. The van der Waals surface area contributed by atoms with Gasteiger partial charge in [-0.1, -0.05) is 13.8 Å². The molecular weight excluding hydrogens is 252 g/mol. The lowest BCUT2D eigenvalue weighted by Gasteiger charge is -2.19. The van der Waals surface area contributed by atoms with Gasteiger partial charge < -0.3 is 21.3 Å². The van der Waals surface area contributed by atoms with Crippen LogP contribution in [0.1, 0.15) is 20.3 Å². The Kier molecular flexibility index (Phi) is 8.34. The maximum atomic E-state index is 11.3. The van der Waals surface area contributed by atoms with Gasteiger partial charge >= 0.3 is 11.9 Å². The van der Waals surface area contributed by atoms with Crippen molar-refractivity contribution in [2.75, 3.05) is 0 Å². The molecule has 17 heavy (non-hydrogen) atoms. The molecule has 100 valence electrons. The number of halogens is 1. The first-order valence-electron chi connectivity index (χ1n) is 4.76. The van der Waals surface area contributed by atoms with E-state index in [9.17, 15) is 14.4 Å². The zero-order chi connectivity index (χ0) is 12.9. The first-order chi connectivity index (χ1) is 7.25. The van der Waals surface area contributed by atoms with Crippen molar-refractivity contribution in [1.29, 1.82) is 0 Å². The third kappa shape index (κ3) is 6.75. The number of hydrogen-bond donors (Lipinski definition) is 4. The van der Waals surface area contributed by atoms with Crippen LogP contribution < -0.4 is 11.1 Å². The largest absolute Gasteiger partial charge is 0.481 e. The molecule has 0 bridgehead atoms. The first-order valence-corrected chi connectivity index (χ1v) is 4.76. The Balaban J connectivity index is 0. The fraction of sp³-hybridized carbons (Fsp3) is 0.667. The molecule has 0 fully saturated rings. The third-order valence-corrected chi connectivity index (χ3v) is 1.96. The molecule has 0 aliphatic carbocycles. The molecule has 0 aromatic rings. The van der Waals surface area contributed by atoms with E-state index in [4.69, 9.17) is 15.9 Å². The number of amides is 1. The van der Waals surface area contributed by atoms with Crippen LogP contribution >= 0.6 is 12.4 Å². The SMILES string of the molecule is CC(C)[C@@H](NC(=O)[C@H](N)CC(=O)O)C(=O)O.Cl. The number of carbonyl (C=O) groups excluding carboxylic acids is 1. The van der Waals surface area contributed by atoms with Crippen molar-refractivity contribution in [3.8, 4) is 0 Å². The van der Waals surface area contributed by atoms with Gasteiger partial charge in [0.1, 0.15) is 6.04 Å². The van der Waals surface area contributed by atoms with Crippen molar-refractivity contribution >= 4 is 30.3 Å². The van der Waals surface area contributed by atoms with Gasteiger partial charge in [0.2, 0.25) is 5.91 Å².